The second-order valence-electron chi connectivity index (χ2n) is 6.95. The highest BCUT2D eigenvalue weighted by Gasteiger charge is 2.21. The number of benzene rings is 1. The maximum atomic E-state index is 12.4. The summed E-state index contributed by atoms with van der Waals surface area (Å²) in [6, 6.07) is 5.39. The van der Waals surface area contributed by atoms with Crippen molar-refractivity contribution in [2.45, 2.75) is 49.5 Å². The monoisotopic (exact) mass is 405 g/mol. The lowest BCUT2D eigenvalue weighted by atomic mass is 9.89. The Morgan fingerprint density at radius 2 is 1.96 bits per heavy atom. The van der Waals surface area contributed by atoms with Crippen molar-refractivity contribution in [1.29, 1.82) is 0 Å². The first-order chi connectivity index (χ1) is 13.6. The van der Waals surface area contributed by atoms with Crippen LogP contribution in [0.5, 0.6) is 11.5 Å². The second-order valence-corrected chi connectivity index (χ2v) is 8.24. The SMILES string of the molecule is COc1ccc(-c2nnc(S[C@@H](C)C(=O)NCC3CCCCC3)o2)cc1OC. The number of amides is 1. The van der Waals surface area contributed by atoms with E-state index in [0.29, 0.717) is 28.5 Å². The zero-order valence-corrected chi connectivity index (χ0v) is 17.4. The molecule has 1 saturated carbocycles. The van der Waals surface area contributed by atoms with Gasteiger partial charge >= 0.3 is 0 Å². The highest BCUT2D eigenvalue weighted by molar-refractivity contribution is 8.00. The quantitative estimate of drug-likeness (QED) is 0.666. The molecule has 1 atom stereocenters. The number of hydrogen-bond acceptors (Lipinski definition) is 7. The van der Waals surface area contributed by atoms with Crippen LogP contribution in [0.1, 0.15) is 39.0 Å². The van der Waals surface area contributed by atoms with Crippen LogP contribution < -0.4 is 14.8 Å². The zero-order valence-electron chi connectivity index (χ0n) is 16.6. The Bertz CT molecular complexity index is 790. The molecule has 2 aromatic rings. The summed E-state index contributed by atoms with van der Waals surface area (Å²) in [5, 5.41) is 11.3. The zero-order chi connectivity index (χ0) is 19.9. The first-order valence-electron chi connectivity index (χ1n) is 9.61. The second kappa shape index (κ2) is 9.82. The Balaban J connectivity index is 1.57. The normalized spacial score (nSPS) is 15.8. The van der Waals surface area contributed by atoms with Gasteiger partial charge in [0.1, 0.15) is 0 Å². The van der Waals surface area contributed by atoms with Crippen LogP contribution in [0.3, 0.4) is 0 Å². The van der Waals surface area contributed by atoms with Crippen LogP contribution in [0.2, 0.25) is 0 Å². The molecule has 7 nitrogen and oxygen atoms in total. The van der Waals surface area contributed by atoms with Crippen LogP contribution in [0, 0.1) is 5.92 Å². The predicted octanol–water partition coefficient (Wildman–Crippen LogP) is 3.93. The number of nitrogens with one attached hydrogen (secondary N) is 1. The Kier molecular flexibility index (Phi) is 7.19. The van der Waals surface area contributed by atoms with Crippen LogP contribution in [-0.4, -0.2) is 42.1 Å². The highest BCUT2D eigenvalue weighted by atomic mass is 32.2. The maximum Gasteiger partial charge on any atom is 0.277 e. The van der Waals surface area contributed by atoms with E-state index < -0.39 is 0 Å². The van der Waals surface area contributed by atoms with Gasteiger partial charge in [-0.2, -0.15) is 0 Å². The Morgan fingerprint density at radius 3 is 2.68 bits per heavy atom. The van der Waals surface area contributed by atoms with Gasteiger partial charge < -0.3 is 19.2 Å². The molecule has 0 radical (unpaired) electrons. The molecule has 0 saturated heterocycles. The number of carbonyl (C=O) groups excluding carboxylic acids is 1. The molecule has 1 aliphatic carbocycles. The Labute approximate surface area is 169 Å². The number of carbonyl (C=O) groups is 1. The van der Waals surface area contributed by atoms with Crippen LogP contribution in [0.4, 0.5) is 0 Å². The van der Waals surface area contributed by atoms with Gasteiger partial charge in [0, 0.05) is 12.1 Å². The molecule has 1 fully saturated rings. The van der Waals surface area contributed by atoms with E-state index in [-0.39, 0.29) is 11.2 Å². The molecule has 152 valence electrons. The molecule has 1 aromatic heterocycles. The summed E-state index contributed by atoms with van der Waals surface area (Å²) in [4.78, 5) is 12.4. The van der Waals surface area contributed by atoms with Gasteiger partial charge in [-0.25, -0.2) is 0 Å². The van der Waals surface area contributed by atoms with Crippen molar-refractivity contribution >= 4 is 17.7 Å². The lowest BCUT2D eigenvalue weighted by Gasteiger charge is -2.22. The maximum absolute atomic E-state index is 12.4. The van der Waals surface area contributed by atoms with E-state index in [4.69, 9.17) is 13.9 Å². The largest absolute Gasteiger partial charge is 0.493 e. The van der Waals surface area contributed by atoms with E-state index in [1.165, 1.54) is 43.9 Å². The van der Waals surface area contributed by atoms with E-state index in [0.717, 1.165) is 12.1 Å². The minimum absolute atomic E-state index is 0.00133. The van der Waals surface area contributed by atoms with Crippen molar-refractivity contribution < 1.29 is 18.7 Å². The summed E-state index contributed by atoms with van der Waals surface area (Å²) < 4.78 is 16.3. The summed E-state index contributed by atoms with van der Waals surface area (Å²) in [6.45, 7) is 2.60. The molecule has 0 spiro atoms. The summed E-state index contributed by atoms with van der Waals surface area (Å²) in [6.07, 6.45) is 6.27. The third-order valence-electron chi connectivity index (χ3n) is 4.97. The molecule has 1 aliphatic rings. The fraction of sp³-hybridized carbons (Fsp3) is 0.550. The van der Waals surface area contributed by atoms with Crippen molar-refractivity contribution in [3.63, 3.8) is 0 Å². The fourth-order valence-electron chi connectivity index (χ4n) is 3.33. The molecule has 8 heteroatoms. The number of ether oxygens (including phenoxy) is 2. The first kappa shape index (κ1) is 20.5. The van der Waals surface area contributed by atoms with Crippen molar-refractivity contribution in [3.05, 3.63) is 18.2 Å². The Morgan fingerprint density at radius 1 is 1.21 bits per heavy atom. The van der Waals surface area contributed by atoms with Gasteiger partial charge in [0.05, 0.1) is 19.5 Å². The van der Waals surface area contributed by atoms with E-state index >= 15 is 0 Å². The van der Waals surface area contributed by atoms with Crippen LogP contribution >= 0.6 is 11.8 Å². The lowest BCUT2D eigenvalue weighted by Crippen LogP contribution is -2.35. The van der Waals surface area contributed by atoms with Crippen molar-refractivity contribution in [1.82, 2.24) is 15.5 Å². The molecule has 1 heterocycles. The van der Waals surface area contributed by atoms with Gasteiger partial charge in [0.25, 0.3) is 5.22 Å². The third kappa shape index (κ3) is 5.19. The van der Waals surface area contributed by atoms with Gasteiger partial charge in [0.2, 0.25) is 11.8 Å². The minimum Gasteiger partial charge on any atom is -0.493 e. The molecule has 0 aliphatic heterocycles. The summed E-state index contributed by atoms with van der Waals surface area (Å²) in [5.41, 5.74) is 0.728. The molecule has 1 N–H and O–H groups in total. The van der Waals surface area contributed by atoms with Gasteiger partial charge in [-0.3, -0.25) is 4.79 Å². The number of rotatable bonds is 8. The highest BCUT2D eigenvalue weighted by Crippen LogP contribution is 2.33. The first-order valence-corrected chi connectivity index (χ1v) is 10.5. The van der Waals surface area contributed by atoms with Gasteiger partial charge in [-0.05, 0) is 43.9 Å². The number of nitrogens with zero attached hydrogens (tertiary/aromatic N) is 2. The van der Waals surface area contributed by atoms with Crippen molar-refractivity contribution in [2.75, 3.05) is 20.8 Å². The average molecular weight is 406 g/mol. The molecule has 28 heavy (non-hydrogen) atoms. The van der Waals surface area contributed by atoms with Gasteiger partial charge in [-0.1, -0.05) is 31.0 Å². The predicted molar refractivity (Wildman–Crippen MR) is 108 cm³/mol. The molecule has 0 unspecified atom stereocenters. The van der Waals surface area contributed by atoms with Gasteiger partial charge in [-0.15, -0.1) is 10.2 Å². The molecule has 3 rings (SSSR count). The fourth-order valence-corrected chi connectivity index (χ4v) is 4.04. The molecular formula is C20H27N3O4S. The van der Waals surface area contributed by atoms with Crippen LogP contribution in [-0.2, 0) is 4.79 Å². The molecule has 1 amide bonds. The van der Waals surface area contributed by atoms with E-state index in [9.17, 15) is 4.79 Å². The van der Waals surface area contributed by atoms with Crippen molar-refractivity contribution in [3.8, 4) is 23.0 Å². The Hall–Kier alpha value is -2.22. The topological polar surface area (TPSA) is 86.5 Å². The standard InChI is InChI=1S/C20H27N3O4S/c1-13(18(24)21-12-14-7-5-4-6-8-14)28-20-23-22-19(27-20)15-9-10-16(25-2)17(11-15)26-3/h9-11,13-14H,4-8,12H2,1-3H3,(H,21,24)/t13-/m0/s1. The number of thioether (sulfide) groups is 1. The minimum atomic E-state index is -0.303. The summed E-state index contributed by atoms with van der Waals surface area (Å²) in [5.74, 6) is 2.20. The number of methoxy groups -OCH3 is 2. The molecular weight excluding hydrogens is 378 g/mol. The lowest BCUT2D eigenvalue weighted by molar-refractivity contribution is -0.120. The van der Waals surface area contributed by atoms with E-state index in [1.807, 2.05) is 13.0 Å². The van der Waals surface area contributed by atoms with Crippen LogP contribution in [0.15, 0.2) is 27.8 Å². The smallest absolute Gasteiger partial charge is 0.277 e. The number of hydrogen-bond donors (Lipinski definition) is 1. The third-order valence-corrected chi connectivity index (χ3v) is 5.91. The summed E-state index contributed by atoms with van der Waals surface area (Å²) in [7, 11) is 3.16. The van der Waals surface area contributed by atoms with Crippen molar-refractivity contribution in [2.24, 2.45) is 5.92 Å². The van der Waals surface area contributed by atoms with E-state index in [2.05, 4.69) is 15.5 Å². The van der Waals surface area contributed by atoms with E-state index in [1.54, 1.807) is 26.4 Å². The number of aromatic nitrogens is 2. The van der Waals surface area contributed by atoms with Crippen LogP contribution in [0.25, 0.3) is 11.5 Å². The molecule has 1 aromatic carbocycles. The summed E-state index contributed by atoms with van der Waals surface area (Å²) >= 11 is 1.26. The van der Waals surface area contributed by atoms with Gasteiger partial charge in [0.15, 0.2) is 11.5 Å². The average Bonchev–Trinajstić information content (AvgIpc) is 3.20. The molecule has 0 bridgehead atoms.